The number of halogens is 3. The fourth-order valence-corrected chi connectivity index (χ4v) is 4.48. The van der Waals surface area contributed by atoms with Gasteiger partial charge in [0.25, 0.3) is 0 Å². The summed E-state index contributed by atoms with van der Waals surface area (Å²) >= 11 is 1.16. The van der Waals surface area contributed by atoms with Gasteiger partial charge < -0.3 is 9.88 Å². The van der Waals surface area contributed by atoms with E-state index in [1.807, 2.05) is 11.5 Å². The second-order valence-electron chi connectivity index (χ2n) is 7.07. The number of fused-ring (bicyclic) bond motifs is 1. The van der Waals surface area contributed by atoms with Crippen LogP contribution in [0.15, 0.2) is 52.5 Å². The number of imidazole rings is 1. The van der Waals surface area contributed by atoms with E-state index in [0.29, 0.717) is 22.7 Å². The summed E-state index contributed by atoms with van der Waals surface area (Å²) in [6, 6.07) is 8.59. The van der Waals surface area contributed by atoms with Crippen LogP contribution in [0.1, 0.15) is 25.8 Å². The molecular formula is C20H21F3N4O3S2. The molecule has 0 fully saturated rings. The summed E-state index contributed by atoms with van der Waals surface area (Å²) in [6.07, 6.45) is -3.67. The molecular weight excluding hydrogens is 465 g/mol. The van der Waals surface area contributed by atoms with Crippen molar-refractivity contribution in [3.63, 3.8) is 0 Å². The Balaban J connectivity index is 1.81. The highest BCUT2D eigenvalue weighted by atomic mass is 32.2. The molecule has 0 aliphatic heterocycles. The minimum absolute atomic E-state index is 0.0595. The van der Waals surface area contributed by atoms with Crippen molar-refractivity contribution in [2.24, 2.45) is 5.14 Å². The van der Waals surface area contributed by atoms with E-state index < -0.39 is 32.9 Å². The Morgan fingerprint density at radius 3 is 2.44 bits per heavy atom. The maximum atomic E-state index is 12.7. The molecule has 3 aromatic rings. The zero-order chi connectivity index (χ0) is 23.7. The van der Waals surface area contributed by atoms with Crippen LogP contribution in [0.3, 0.4) is 0 Å². The molecule has 7 nitrogen and oxygen atoms in total. The summed E-state index contributed by atoms with van der Waals surface area (Å²) < 4.78 is 63.2. The normalized spacial score (nSPS) is 13.3. The molecule has 0 saturated heterocycles. The first-order valence-corrected chi connectivity index (χ1v) is 12.0. The third-order valence-electron chi connectivity index (χ3n) is 4.59. The van der Waals surface area contributed by atoms with Crippen LogP contribution in [0.5, 0.6) is 0 Å². The third kappa shape index (κ3) is 5.43. The molecule has 32 heavy (non-hydrogen) atoms. The van der Waals surface area contributed by atoms with Crippen LogP contribution in [0, 0.1) is 0 Å². The summed E-state index contributed by atoms with van der Waals surface area (Å²) in [5, 5.41) is 7.68. The molecule has 0 saturated carbocycles. The average Bonchev–Trinajstić information content (AvgIpc) is 3.03. The van der Waals surface area contributed by atoms with Gasteiger partial charge in [0.2, 0.25) is 15.9 Å². The molecule has 1 unspecified atom stereocenters. The zero-order valence-corrected chi connectivity index (χ0v) is 18.8. The number of thioether (sulfide) groups is 1. The summed E-state index contributed by atoms with van der Waals surface area (Å²) in [6.45, 7) is 4.22. The van der Waals surface area contributed by atoms with Gasteiger partial charge in [-0.25, -0.2) is 18.5 Å². The number of hydrogen-bond donors (Lipinski definition) is 2. The van der Waals surface area contributed by atoms with Gasteiger partial charge in [-0.15, -0.1) is 0 Å². The van der Waals surface area contributed by atoms with Gasteiger partial charge >= 0.3 is 6.18 Å². The summed E-state index contributed by atoms with van der Waals surface area (Å²) in [5.74, 6) is -0.407. The standard InChI is InChI=1S/C20H21F3N4O3S2/c1-3-10-27-17-9-8-15(32(24,29)30)11-16(17)26-19(27)31-12(2)18(28)25-14-6-4-13(5-7-14)20(21,22)23/h4-9,11-12H,3,10H2,1-2H3,(H,25,28)(H2,24,29,30). The Hall–Kier alpha value is -2.57. The number of benzene rings is 2. The number of anilines is 1. The Bertz CT molecular complexity index is 1240. The lowest BCUT2D eigenvalue weighted by molar-refractivity contribution is -0.137. The molecule has 3 rings (SSSR count). The topological polar surface area (TPSA) is 107 Å². The predicted octanol–water partition coefficient (Wildman–Crippen LogP) is 4.23. The average molecular weight is 487 g/mol. The number of carbonyl (C=O) groups excluding carboxylic acids is 1. The van der Waals surface area contributed by atoms with E-state index in [9.17, 15) is 26.4 Å². The maximum Gasteiger partial charge on any atom is 0.416 e. The highest BCUT2D eigenvalue weighted by Crippen LogP contribution is 2.31. The third-order valence-corrected chi connectivity index (χ3v) is 6.59. The van der Waals surface area contributed by atoms with Crippen molar-refractivity contribution in [2.45, 2.75) is 48.3 Å². The number of primary sulfonamides is 1. The van der Waals surface area contributed by atoms with Crippen LogP contribution in [0.25, 0.3) is 11.0 Å². The first-order chi connectivity index (χ1) is 14.9. The minimum atomic E-state index is -4.45. The molecule has 172 valence electrons. The monoisotopic (exact) mass is 486 g/mol. The Morgan fingerprint density at radius 1 is 1.22 bits per heavy atom. The number of aromatic nitrogens is 2. The highest BCUT2D eigenvalue weighted by Gasteiger charge is 2.30. The fourth-order valence-electron chi connectivity index (χ4n) is 2.99. The van der Waals surface area contributed by atoms with E-state index in [-0.39, 0.29) is 10.6 Å². The van der Waals surface area contributed by atoms with Crippen molar-refractivity contribution >= 4 is 44.4 Å². The number of sulfonamides is 1. The maximum absolute atomic E-state index is 12.7. The Morgan fingerprint density at radius 2 is 1.88 bits per heavy atom. The van der Waals surface area contributed by atoms with Gasteiger partial charge in [-0.2, -0.15) is 13.2 Å². The molecule has 1 amide bonds. The fraction of sp³-hybridized carbons (Fsp3) is 0.300. The number of amides is 1. The van der Waals surface area contributed by atoms with Gasteiger partial charge in [0.15, 0.2) is 5.16 Å². The van der Waals surface area contributed by atoms with E-state index >= 15 is 0 Å². The number of hydrogen-bond acceptors (Lipinski definition) is 5. The lowest BCUT2D eigenvalue weighted by Crippen LogP contribution is -2.23. The van der Waals surface area contributed by atoms with Gasteiger partial charge in [-0.1, -0.05) is 18.7 Å². The molecule has 0 aliphatic carbocycles. The number of nitrogens with zero attached hydrogens (tertiary/aromatic N) is 2. The van der Waals surface area contributed by atoms with Gasteiger partial charge in [0, 0.05) is 12.2 Å². The Kier molecular flexibility index (Phi) is 6.86. The molecule has 0 bridgehead atoms. The lowest BCUT2D eigenvalue weighted by Gasteiger charge is -2.14. The van der Waals surface area contributed by atoms with Crippen LogP contribution in [-0.2, 0) is 27.5 Å². The summed E-state index contributed by atoms with van der Waals surface area (Å²) in [7, 11) is -3.88. The van der Waals surface area contributed by atoms with E-state index in [1.54, 1.807) is 13.0 Å². The number of carbonyl (C=O) groups is 1. The SMILES string of the molecule is CCCn1c(SC(C)C(=O)Nc2ccc(C(F)(F)F)cc2)nc2cc(S(N)(=O)=O)ccc21. The summed E-state index contributed by atoms with van der Waals surface area (Å²) in [5.41, 5.74) is 0.584. The van der Waals surface area contributed by atoms with E-state index in [4.69, 9.17) is 5.14 Å². The minimum Gasteiger partial charge on any atom is -0.325 e. The lowest BCUT2D eigenvalue weighted by atomic mass is 10.2. The van der Waals surface area contributed by atoms with Gasteiger partial charge in [-0.3, -0.25) is 4.79 Å². The molecule has 0 spiro atoms. The molecule has 1 atom stereocenters. The van der Waals surface area contributed by atoms with Crippen LogP contribution in [0.2, 0.25) is 0 Å². The van der Waals surface area contributed by atoms with Crippen LogP contribution in [0.4, 0.5) is 18.9 Å². The molecule has 1 heterocycles. The number of nitrogens with two attached hydrogens (primary N) is 1. The van der Waals surface area contributed by atoms with E-state index in [0.717, 1.165) is 30.3 Å². The Labute approximate surface area is 187 Å². The van der Waals surface area contributed by atoms with E-state index in [1.165, 1.54) is 24.3 Å². The number of nitrogens with one attached hydrogen (secondary N) is 1. The first kappa shape index (κ1) is 24.1. The van der Waals surface area contributed by atoms with Crippen LogP contribution in [-0.4, -0.2) is 29.1 Å². The molecule has 2 aromatic carbocycles. The van der Waals surface area contributed by atoms with Crippen LogP contribution >= 0.6 is 11.8 Å². The van der Waals surface area contributed by atoms with Crippen molar-refractivity contribution in [2.75, 3.05) is 5.32 Å². The number of alkyl halides is 3. The molecule has 12 heteroatoms. The largest absolute Gasteiger partial charge is 0.416 e. The zero-order valence-electron chi connectivity index (χ0n) is 17.2. The highest BCUT2D eigenvalue weighted by molar-refractivity contribution is 8.00. The predicted molar refractivity (Wildman–Crippen MR) is 117 cm³/mol. The molecule has 3 N–H and O–H groups in total. The van der Waals surface area contributed by atoms with Crippen LogP contribution < -0.4 is 10.5 Å². The van der Waals surface area contributed by atoms with Crippen molar-refractivity contribution < 1.29 is 26.4 Å². The quantitative estimate of drug-likeness (QED) is 0.486. The van der Waals surface area contributed by atoms with E-state index in [2.05, 4.69) is 10.3 Å². The van der Waals surface area contributed by atoms with Crippen molar-refractivity contribution in [1.82, 2.24) is 9.55 Å². The van der Waals surface area contributed by atoms with Crippen molar-refractivity contribution in [1.29, 1.82) is 0 Å². The molecule has 0 radical (unpaired) electrons. The van der Waals surface area contributed by atoms with Gasteiger partial charge in [-0.05, 0) is 55.8 Å². The second kappa shape index (κ2) is 9.12. The van der Waals surface area contributed by atoms with Crippen molar-refractivity contribution in [3.8, 4) is 0 Å². The van der Waals surface area contributed by atoms with Gasteiger partial charge in [0.05, 0.1) is 26.7 Å². The summed E-state index contributed by atoms with van der Waals surface area (Å²) in [4.78, 5) is 17.0. The number of aryl methyl sites for hydroxylation is 1. The molecule has 1 aromatic heterocycles. The second-order valence-corrected chi connectivity index (χ2v) is 9.94. The molecule has 0 aliphatic rings. The number of rotatable bonds is 7. The van der Waals surface area contributed by atoms with Crippen molar-refractivity contribution in [3.05, 3.63) is 48.0 Å². The first-order valence-electron chi connectivity index (χ1n) is 9.58. The van der Waals surface area contributed by atoms with Gasteiger partial charge in [0.1, 0.15) is 0 Å². The smallest absolute Gasteiger partial charge is 0.325 e.